The van der Waals surface area contributed by atoms with Gasteiger partial charge in [0.25, 0.3) is 0 Å². The number of unbranched alkanes of at least 4 members (excludes halogenated alkanes) is 3. The van der Waals surface area contributed by atoms with Crippen molar-refractivity contribution in [2.24, 2.45) is 5.73 Å². The Balaban J connectivity index is 1.69. The van der Waals surface area contributed by atoms with E-state index < -0.39 is 11.7 Å². The van der Waals surface area contributed by atoms with Gasteiger partial charge in [-0.25, -0.2) is 0 Å². The molecule has 146 valence electrons. The number of hydrogen-bond donors (Lipinski definition) is 2. The third-order valence-electron chi connectivity index (χ3n) is 4.68. The molecule has 26 heavy (non-hydrogen) atoms. The van der Waals surface area contributed by atoms with Crippen LogP contribution in [0.15, 0.2) is 24.3 Å². The zero-order valence-electron chi connectivity index (χ0n) is 15.0. The maximum atomic E-state index is 12.6. The molecular formula is C19H28F3N3O. The monoisotopic (exact) mass is 371 g/mol. The number of nitrogens with zero attached hydrogens (tertiary/aromatic N) is 1. The average molecular weight is 371 g/mol. The molecule has 1 aromatic rings. The molecule has 0 spiro atoms. The van der Waals surface area contributed by atoms with Gasteiger partial charge in [0.2, 0.25) is 5.91 Å². The number of halogens is 3. The molecule has 0 radical (unpaired) electrons. The van der Waals surface area contributed by atoms with Crippen molar-refractivity contribution in [3.63, 3.8) is 0 Å². The Kier molecular flexibility index (Phi) is 7.90. The van der Waals surface area contributed by atoms with Gasteiger partial charge in [-0.2, -0.15) is 13.2 Å². The van der Waals surface area contributed by atoms with E-state index in [1.54, 1.807) is 0 Å². The third-order valence-corrected chi connectivity index (χ3v) is 4.68. The van der Waals surface area contributed by atoms with E-state index in [1.165, 1.54) is 12.1 Å². The van der Waals surface area contributed by atoms with Crippen molar-refractivity contribution in [3.8, 4) is 0 Å². The maximum Gasteiger partial charge on any atom is 0.416 e. The van der Waals surface area contributed by atoms with E-state index in [1.807, 2.05) is 0 Å². The summed E-state index contributed by atoms with van der Waals surface area (Å²) in [6, 6.07) is 5.41. The van der Waals surface area contributed by atoms with E-state index >= 15 is 0 Å². The molecule has 1 unspecified atom stereocenters. The van der Waals surface area contributed by atoms with Crippen molar-refractivity contribution in [1.29, 1.82) is 0 Å². The molecule has 0 saturated carbocycles. The molecule has 1 saturated heterocycles. The summed E-state index contributed by atoms with van der Waals surface area (Å²) < 4.78 is 37.8. The molecule has 1 heterocycles. The Morgan fingerprint density at radius 1 is 1.15 bits per heavy atom. The van der Waals surface area contributed by atoms with Crippen molar-refractivity contribution in [2.75, 3.05) is 19.6 Å². The second kappa shape index (κ2) is 9.92. The van der Waals surface area contributed by atoms with E-state index in [-0.39, 0.29) is 11.9 Å². The minimum absolute atomic E-state index is 0.0825. The van der Waals surface area contributed by atoms with Crippen LogP contribution in [0.1, 0.15) is 49.7 Å². The second-order valence-electron chi connectivity index (χ2n) is 6.94. The minimum Gasteiger partial charge on any atom is -0.352 e. The summed E-state index contributed by atoms with van der Waals surface area (Å²) in [7, 11) is 0. The first-order valence-electron chi connectivity index (χ1n) is 9.26. The largest absolute Gasteiger partial charge is 0.416 e. The van der Waals surface area contributed by atoms with Gasteiger partial charge in [-0.15, -0.1) is 0 Å². The molecule has 0 aliphatic carbocycles. The standard InChI is InChI=1S/C19H28F3N3O/c20-19(21,22)16-8-6-15(7-9-16)13-25-12-10-17(14-25)24-18(26)5-3-1-2-4-11-23/h6-9,17H,1-5,10-14,23H2,(H,24,26). The highest BCUT2D eigenvalue weighted by Gasteiger charge is 2.30. The number of likely N-dealkylation sites (tertiary alicyclic amines) is 1. The predicted molar refractivity (Wildman–Crippen MR) is 95.4 cm³/mol. The Hall–Kier alpha value is -1.60. The fourth-order valence-electron chi connectivity index (χ4n) is 3.23. The zero-order chi connectivity index (χ0) is 19.0. The summed E-state index contributed by atoms with van der Waals surface area (Å²) >= 11 is 0. The Morgan fingerprint density at radius 3 is 2.50 bits per heavy atom. The summed E-state index contributed by atoms with van der Waals surface area (Å²) in [5.74, 6) is 0.0825. The maximum absolute atomic E-state index is 12.6. The number of carbonyl (C=O) groups excluding carboxylic acids is 1. The second-order valence-corrected chi connectivity index (χ2v) is 6.94. The van der Waals surface area contributed by atoms with E-state index in [2.05, 4.69) is 10.2 Å². The molecule has 1 aliphatic heterocycles. The average Bonchev–Trinajstić information content (AvgIpc) is 3.01. The van der Waals surface area contributed by atoms with Crippen molar-refractivity contribution in [2.45, 2.75) is 57.3 Å². The van der Waals surface area contributed by atoms with Crippen LogP contribution in [0.2, 0.25) is 0 Å². The van der Waals surface area contributed by atoms with Crippen LogP contribution in [0.4, 0.5) is 13.2 Å². The molecule has 1 atom stereocenters. The van der Waals surface area contributed by atoms with Gasteiger partial charge in [-0.3, -0.25) is 9.69 Å². The van der Waals surface area contributed by atoms with Crippen LogP contribution in [-0.4, -0.2) is 36.5 Å². The molecule has 1 aromatic carbocycles. The third kappa shape index (κ3) is 6.96. The summed E-state index contributed by atoms with van der Waals surface area (Å²) in [6.45, 7) is 2.87. The smallest absolute Gasteiger partial charge is 0.352 e. The number of nitrogens with two attached hydrogens (primary N) is 1. The number of amides is 1. The lowest BCUT2D eigenvalue weighted by Crippen LogP contribution is -2.36. The first kappa shape index (κ1) is 20.7. The summed E-state index contributed by atoms with van der Waals surface area (Å²) in [6.07, 6.45) is 1.09. The molecule has 3 N–H and O–H groups in total. The summed E-state index contributed by atoms with van der Waals surface area (Å²) in [5, 5.41) is 3.06. The Bertz CT molecular complexity index is 560. The fourth-order valence-corrected chi connectivity index (χ4v) is 3.23. The van der Waals surface area contributed by atoms with Gasteiger partial charge in [0, 0.05) is 32.1 Å². The first-order valence-corrected chi connectivity index (χ1v) is 9.26. The van der Waals surface area contributed by atoms with Crippen LogP contribution in [0.3, 0.4) is 0 Å². The van der Waals surface area contributed by atoms with Gasteiger partial charge in [0.15, 0.2) is 0 Å². The Morgan fingerprint density at radius 2 is 1.85 bits per heavy atom. The predicted octanol–water partition coefficient (Wildman–Crippen LogP) is 3.31. The highest BCUT2D eigenvalue weighted by atomic mass is 19.4. The Labute approximate surface area is 152 Å². The fraction of sp³-hybridized carbons (Fsp3) is 0.632. The molecule has 0 aromatic heterocycles. The van der Waals surface area contributed by atoms with Gasteiger partial charge in [0.1, 0.15) is 0 Å². The summed E-state index contributed by atoms with van der Waals surface area (Å²) in [4.78, 5) is 14.1. The van der Waals surface area contributed by atoms with E-state index in [0.29, 0.717) is 19.5 Å². The van der Waals surface area contributed by atoms with Gasteiger partial charge in [-0.1, -0.05) is 25.0 Å². The van der Waals surface area contributed by atoms with Crippen LogP contribution in [0.5, 0.6) is 0 Å². The van der Waals surface area contributed by atoms with Crippen LogP contribution >= 0.6 is 0 Å². The SMILES string of the molecule is NCCCCCCC(=O)NC1CCN(Cc2ccc(C(F)(F)F)cc2)C1. The molecule has 0 bridgehead atoms. The number of hydrogen-bond acceptors (Lipinski definition) is 3. The number of carbonyl (C=O) groups is 1. The quantitative estimate of drug-likeness (QED) is 0.655. The van der Waals surface area contributed by atoms with Crippen molar-refractivity contribution in [1.82, 2.24) is 10.2 Å². The molecule has 1 fully saturated rings. The summed E-state index contributed by atoms with van der Waals surface area (Å²) in [5.41, 5.74) is 5.67. The molecule has 1 aliphatic rings. The van der Waals surface area contributed by atoms with Gasteiger partial charge in [0.05, 0.1) is 5.56 Å². The molecule has 7 heteroatoms. The zero-order valence-corrected chi connectivity index (χ0v) is 15.0. The molecule has 1 amide bonds. The number of rotatable bonds is 9. The number of benzene rings is 1. The van der Waals surface area contributed by atoms with Crippen molar-refractivity contribution in [3.05, 3.63) is 35.4 Å². The van der Waals surface area contributed by atoms with Gasteiger partial charge in [-0.05, 0) is 43.5 Å². The van der Waals surface area contributed by atoms with Crippen LogP contribution < -0.4 is 11.1 Å². The van der Waals surface area contributed by atoms with Gasteiger partial charge >= 0.3 is 6.18 Å². The lowest BCUT2D eigenvalue weighted by Gasteiger charge is -2.17. The molecular weight excluding hydrogens is 343 g/mol. The van der Waals surface area contributed by atoms with Crippen LogP contribution in [-0.2, 0) is 17.5 Å². The van der Waals surface area contributed by atoms with Crippen molar-refractivity contribution < 1.29 is 18.0 Å². The highest BCUT2D eigenvalue weighted by Crippen LogP contribution is 2.29. The topological polar surface area (TPSA) is 58.4 Å². The van der Waals surface area contributed by atoms with E-state index in [9.17, 15) is 18.0 Å². The lowest BCUT2D eigenvalue weighted by atomic mass is 10.1. The number of alkyl halides is 3. The van der Waals surface area contributed by atoms with Gasteiger partial charge < -0.3 is 11.1 Å². The first-order chi connectivity index (χ1) is 12.4. The highest BCUT2D eigenvalue weighted by molar-refractivity contribution is 5.76. The minimum atomic E-state index is -4.30. The molecule has 2 rings (SSSR count). The van der Waals surface area contributed by atoms with E-state index in [0.717, 1.165) is 62.9 Å². The normalized spacial score (nSPS) is 18.2. The van der Waals surface area contributed by atoms with E-state index in [4.69, 9.17) is 5.73 Å². The molecule has 4 nitrogen and oxygen atoms in total. The van der Waals surface area contributed by atoms with Crippen LogP contribution in [0.25, 0.3) is 0 Å². The lowest BCUT2D eigenvalue weighted by molar-refractivity contribution is -0.137. The number of nitrogens with one attached hydrogen (secondary N) is 1. The van der Waals surface area contributed by atoms with Crippen LogP contribution in [0, 0.1) is 0 Å². The van der Waals surface area contributed by atoms with Crippen molar-refractivity contribution >= 4 is 5.91 Å².